The molecule has 0 bridgehead atoms. The molecule has 120 valence electrons. The van der Waals surface area contributed by atoms with Gasteiger partial charge in [-0.3, -0.25) is 0 Å². The smallest absolute Gasteiger partial charge is 0.191 e. The van der Waals surface area contributed by atoms with Crippen LogP contribution in [0.1, 0.15) is 43.6 Å². The first-order chi connectivity index (χ1) is 10.2. The van der Waals surface area contributed by atoms with Crippen molar-refractivity contribution >= 4 is 17.3 Å². The number of nitrogens with zero attached hydrogens (tertiary/aromatic N) is 1. The summed E-state index contributed by atoms with van der Waals surface area (Å²) in [5, 5.41) is 17.9. The summed E-state index contributed by atoms with van der Waals surface area (Å²) in [6, 6.07) is 2.13. The molecule has 1 atom stereocenters. The largest absolute Gasteiger partial charge is 0.396 e. The lowest BCUT2D eigenvalue weighted by atomic mass is 10.0. The second-order valence-corrected chi connectivity index (χ2v) is 6.27. The van der Waals surface area contributed by atoms with E-state index in [1.165, 1.54) is 10.4 Å². The first-order valence-electron chi connectivity index (χ1n) is 7.87. The lowest BCUT2D eigenvalue weighted by Crippen LogP contribution is -2.40. The SMILES string of the molecule is CCCC(CCO)CNC(=NCc1sccc1C)NCC. The van der Waals surface area contributed by atoms with Gasteiger partial charge in [0.15, 0.2) is 5.96 Å². The minimum atomic E-state index is 0.258. The zero-order chi connectivity index (χ0) is 15.5. The molecule has 0 fully saturated rings. The van der Waals surface area contributed by atoms with Crippen LogP contribution in [0, 0.1) is 12.8 Å². The molecule has 1 aromatic heterocycles. The Morgan fingerprint density at radius 1 is 1.33 bits per heavy atom. The van der Waals surface area contributed by atoms with Crippen LogP contribution in [0.4, 0.5) is 0 Å². The number of thiophene rings is 1. The average Bonchev–Trinajstić information content (AvgIpc) is 2.87. The molecule has 21 heavy (non-hydrogen) atoms. The number of aliphatic hydroxyl groups excluding tert-OH is 1. The number of rotatable bonds is 9. The second-order valence-electron chi connectivity index (χ2n) is 5.27. The van der Waals surface area contributed by atoms with Crippen LogP contribution in [0.15, 0.2) is 16.4 Å². The molecule has 0 radical (unpaired) electrons. The maximum atomic E-state index is 9.12. The Kier molecular flexibility index (Phi) is 9.10. The predicted molar refractivity (Wildman–Crippen MR) is 92.0 cm³/mol. The molecule has 0 saturated carbocycles. The number of hydrogen-bond donors (Lipinski definition) is 3. The van der Waals surface area contributed by atoms with Gasteiger partial charge in [-0.15, -0.1) is 11.3 Å². The summed E-state index contributed by atoms with van der Waals surface area (Å²) in [6.07, 6.45) is 3.13. The van der Waals surface area contributed by atoms with Gasteiger partial charge in [0.1, 0.15) is 0 Å². The summed E-state index contributed by atoms with van der Waals surface area (Å²) in [6.45, 7) is 9.08. The van der Waals surface area contributed by atoms with Gasteiger partial charge in [-0.25, -0.2) is 4.99 Å². The number of nitrogens with one attached hydrogen (secondary N) is 2. The predicted octanol–water partition coefficient (Wildman–Crippen LogP) is 2.91. The summed E-state index contributed by atoms with van der Waals surface area (Å²) < 4.78 is 0. The second kappa shape index (κ2) is 10.6. The van der Waals surface area contributed by atoms with E-state index in [4.69, 9.17) is 5.11 Å². The van der Waals surface area contributed by atoms with E-state index in [1.54, 1.807) is 11.3 Å². The molecule has 5 heteroatoms. The van der Waals surface area contributed by atoms with Gasteiger partial charge in [-0.2, -0.15) is 0 Å². The van der Waals surface area contributed by atoms with E-state index < -0.39 is 0 Å². The molecule has 1 rings (SSSR count). The number of aliphatic hydroxyl groups is 1. The fourth-order valence-electron chi connectivity index (χ4n) is 2.24. The molecule has 0 aromatic carbocycles. The summed E-state index contributed by atoms with van der Waals surface area (Å²) in [5.41, 5.74) is 1.31. The lowest BCUT2D eigenvalue weighted by Gasteiger charge is -2.18. The van der Waals surface area contributed by atoms with E-state index >= 15 is 0 Å². The first-order valence-corrected chi connectivity index (χ1v) is 8.75. The summed E-state index contributed by atoms with van der Waals surface area (Å²) in [4.78, 5) is 5.96. The molecule has 4 nitrogen and oxygen atoms in total. The molecule has 0 aliphatic rings. The summed E-state index contributed by atoms with van der Waals surface area (Å²) in [5.74, 6) is 1.37. The van der Waals surface area contributed by atoms with Gasteiger partial charge in [0.05, 0.1) is 6.54 Å². The third-order valence-corrected chi connectivity index (χ3v) is 4.49. The van der Waals surface area contributed by atoms with E-state index in [2.05, 4.69) is 47.8 Å². The fraction of sp³-hybridized carbons (Fsp3) is 0.688. The summed E-state index contributed by atoms with van der Waals surface area (Å²) in [7, 11) is 0. The lowest BCUT2D eigenvalue weighted by molar-refractivity contribution is 0.251. The van der Waals surface area contributed by atoms with Crippen molar-refractivity contribution in [1.29, 1.82) is 0 Å². The van der Waals surface area contributed by atoms with Crippen molar-refractivity contribution in [2.45, 2.75) is 46.6 Å². The number of hydrogen-bond acceptors (Lipinski definition) is 3. The topological polar surface area (TPSA) is 56.6 Å². The van der Waals surface area contributed by atoms with Crippen molar-refractivity contribution in [2.24, 2.45) is 10.9 Å². The highest BCUT2D eigenvalue weighted by molar-refractivity contribution is 7.10. The molecule has 3 N–H and O–H groups in total. The fourth-order valence-corrected chi connectivity index (χ4v) is 3.07. The van der Waals surface area contributed by atoms with E-state index in [1.807, 2.05) is 0 Å². The number of guanidine groups is 1. The van der Waals surface area contributed by atoms with Crippen LogP contribution in [0.25, 0.3) is 0 Å². The maximum absolute atomic E-state index is 9.12. The van der Waals surface area contributed by atoms with Crippen molar-refractivity contribution in [2.75, 3.05) is 19.7 Å². The minimum Gasteiger partial charge on any atom is -0.396 e. The van der Waals surface area contributed by atoms with Crippen molar-refractivity contribution in [3.05, 3.63) is 21.9 Å². The molecule has 1 aromatic rings. The Hall–Kier alpha value is -1.07. The van der Waals surface area contributed by atoms with Gasteiger partial charge >= 0.3 is 0 Å². The van der Waals surface area contributed by atoms with Gasteiger partial charge in [-0.05, 0) is 49.6 Å². The molecule has 1 heterocycles. The Labute approximate surface area is 132 Å². The molecule has 0 saturated heterocycles. The standard InChI is InChI=1S/C16H29N3OS/c1-4-6-14(7-9-20)11-18-16(17-5-2)19-12-15-13(3)8-10-21-15/h8,10,14,20H,4-7,9,11-12H2,1-3H3,(H2,17,18,19). The molecule has 1 unspecified atom stereocenters. The van der Waals surface area contributed by atoms with Crippen LogP contribution in [0.2, 0.25) is 0 Å². The van der Waals surface area contributed by atoms with Gasteiger partial charge in [-0.1, -0.05) is 13.3 Å². The molecule has 0 aliphatic heterocycles. The molecular weight excluding hydrogens is 282 g/mol. The van der Waals surface area contributed by atoms with E-state index in [-0.39, 0.29) is 6.61 Å². The number of aliphatic imine (C=N–C) groups is 1. The highest BCUT2D eigenvalue weighted by Crippen LogP contribution is 2.16. The zero-order valence-electron chi connectivity index (χ0n) is 13.5. The third kappa shape index (κ3) is 6.96. The van der Waals surface area contributed by atoms with Gasteiger partial charge in [0, 0.05) is 24.6 Å². The van der Waals surface area contributed by atoms with Crippen LogP contribution < -0.4 is 10.6 Å². The van der Waals surface area contributed by atoms with Crippen LogP contribution in [0.5, 0.6) is 0 Å². The zero-order valence-corrected chi connectivity index (χ0v) is 14.3. The third-order valence-electron chi connectivity index (χ3n) is 3.49. The molecule has 0 spiro atoms. The number of aryl methyl sites for hydroxylation is 1. The van der Waals surface area contributed by atoms with Gasteiger partial charge < -0.3 is 15.7 Å². The van der Waals surface area contributed by atoms with Crippen LogP contribution >= 0.6 is 11.3 Å². The quantitative estimate of drug-likeness (QED) is 0.485. The van der Waals surface area contributed by atoms with Crippen LogP contribution in [-0.2, 0) is 6.54 Å². The van der Waals surface area contributed by atoms with Crippen molar-refractivity contribution in [1.82, 2.24) is 10.6 Å². The summed E-state index contributed by atoms with van der Waals surface area (Å²) >= 11 is 1.75. The molecule has 0 amide bonds. The van der Waals surface area contributed by atoms with Crippen molar-refractivity contribution < 1.29 is 5.11 Å². The van der Waals surface area contributed by atoms with E-state index in [0.717, 1.165) is 44.9 Å². The normalized spacial score (nSPS) is 13.2. The first kappa shape index (κ1) is 18.0. The Morgan fingerprint density at radius 3 is 2.71 bits per heavy atom. The Morgan fingerprint density at radius 2 is 2.14 bits per heavy atom. The van der Waals surface area contributed by atoms with Crippen molar-refractivity contribution in [3.8, 4) is 0 Å². The Bertz CT molecular complexity index is 411. The van der Waals surface area contributed by atoms with Gasteiger partial charge in [0.2, 0.25) is 0 Å². The highest BCUT2D eigenvalue weighted by Gasteiger charge is 2.08. The monoisotopic (exact) mass is 311 g/mol. The van der Waals surface area contributed by atoms with Crippen LogP contribution in [-0.4, -0.2) is 30.8 Å². The molecular formula is C16H29N3OS. The highest BCUT2D eigenvalue weighted by atomic mass is 32.1. The van der Waals surface area contributed by atoms with Gasteiger partial charge in [0.25, 0.3) is 0 Å². The van der Waals surface area contributed by atoms with Crippen LogP contribution in [0.3, 0.4) is 0 Å². The molecule has 0 aliphatic carbocycles. The van der Waals surface area contributed by atoms with E-state index in [0.29, 0.717) is 5.92 Å². The van der Waals surface area contributed by atoms with Crippen molar-refractivity contribution in [3.63, 3.8) is 0 Å². The minimum absolute atomic E-state index is 0.258. The average molecular weight is 311 g/mol. The Balaban J connectivity index is 2.53. The van der Waals surface area contributed by atoms with E-state index in [9.17, 15) is 0 Å². The maximum Gasteiger partial charge on any atom is 0.191 e.